The van der Waals surface area contributed by atoms with E-state index < -0.39 is 47.5 Å². The molecule has 0 saturated carbocycles. The minimum absolute atomic E-state index is 0.0215. The van der Waals surface area contributed by atoms with Crippen LogP contribution in [-0.2, 0) is 34.6 Å². The predicted octanol–water partition coefficient (Wildman–Crippen LogP) is 10.6. The summed E-state index contributed by atoms with van der Waals surface area (Å²) < 4.78 is 38.3. The van der Waals surface area contributed by atoms with Gasteiger partial charge in [-0.1, -0.05) is 72.8 Å². The van der Waals surface area contributed by atoms with E-state index in [0.29, 0.717) is 25.9 Å². The first-order valence-electron chi connectivity index (χ1n) is 19.3. The van der Waals surface area contributed by atoms with E-state index in [1.165, 1.54) is 0 Å². The molecule has 3 aromatic rings. The summed E-state index contributed by atoms with van der Waals surface area (Å²) in [5, 5.41) is -1.49. The third-order valence-electron chi connectivity index (χ3n) is 9.11. The van der Waals surface area contributed by atoms with Crippen LogP contribution in [0.3, 0.4) is 0 Å². The van der Waals surface area contributed by atoms with Crippen LogP contribution in [0.25, 0.3) is 22.3 Å². The lowest BCUT2D eigenvalue weighted by Gasteiger charge is -2.46. The van der Waals surface area contributed by atoms with E-state index in [4.69, 9.17) is 18.7 Å². The number of rotatable bonds is 12. The van der Waals surface area contributed by atoms with Crippen LogP contribution in [0.2, 0.25) is 0 Å². The van der Waals surface area contributed by atoms with E-state index in [1.54, 1.807) is 69.2 Å². The normalized spacial score (nSPS) is 19.4. The van der Waals surface area contributed by atoms with E-state index in [0.717, 1.165) is 32.7 Å². The summed E-state index contributed by atoms with van der Waals surface area (Å²) in [6.45, 7) is 18.8. The van der Waals surface area contributed by atoms with Gasteiger partial charge in [0.25, 0.3) is 0 Å². The van der Waals surface area contributed by atoms with Crippen molar-refractivity contribution in [1.29, 1.82) is 0 Å². The van der Waals surface area contributed by atoms with Gasteiger partial charge in [-0.25, -0.2) is 14.5 Å². The maximum absolute atomic E-state index is 15.0. The summed E-state index contributed by atoms with van der Waals surface area (Å²) in [4.78, 5) is 44.0. The molecule has 0 N–H and O–H groups in total. The Bertz CT molecular complexity index is 1800. The highest BCUT2D eigenvalue weighted by molar-refractivity contribution is 7.62. The number of esters is 1. The summed E-state index contributed by atoms with van der Waals surface area (Å²) in [5.41, 5.74) is 2.96. The Hall–Kier alpha value is -3.98. The number of nitrogens with zero attached hydrogens (tertiary/aromatic N) is 2. The number of hydrogen-bond acceptors (Lipinski definition) is 9. The summed E-state index contributed by atoms with van der Waals surface area (Å²) in [6, 6.07) is 27.0. The molecule has 2 atom stereocenters. The lowest BCUT2D eigenvalue weighted by molar-refractivity contribution is -0.160. The van der Waals surface area contributed by atoms with Crippen molar-refractivity contribution in [3.8, 4) is 22.3 Å². The van der Waals surface area contributed by atoms with Crippen molar-refractivity contribution in [1.82, 2.24) is 9.80 Å². The number of unbranched alkanes of at least 4 members (excludes halogenated alkanes) is 1. The first kappa shape index (κ1) is 43.7. The molecule has 0 radical (unpaired) electrons. The Morgan fingerprint density at radius 1 is 0.727 bits per heavy atom. The summed E-state index contributed by atoms with van der Waals surface area (Å²) >= 11 is 0. The third kappa shape index (κ3) is 12.0. The van der Waals surface area contributed by atoms with Crippen LogP contribution >= 0.6 is 7.37 Å². The Morgan fingerprint density at radius 3 is 1.89 bits per heavy atom. The number of amides is 2. The second-order valence-corrected chi connectivity index (χ2v) is 20.1. The highest BCUT2D eigenvalue weighted by Gasteiger charge is 2.59. The maximum atomic E-state index is 15.0. The second kappa shape index (κ2) is 17.9. The van der Waals surface area contributed by atoms with Crippen molar-refractivity contribution in [2.45, 2.75) is 117 Å². The average Bonchev–Trinajstić information content (AvgIpc) is 3.08. The Morgan fingerprint density at radius 2 is 1.29 bits per heavy atom. The van der Waals surface area contributed by atoms with E-state index in [1.807, 2.05) is 30.3 Å². The molecule has 300 valence electrons. The smallest absolute Gasteiger partial charge is 0.419 e. The maximum Gasteiger partial charge on any atom is 0.419 e. The Labute approximate surface area is 328 Å². The number of hydrogen-bond donors (Lipinski definition) is 0. The van der Waals surface area contributed by atoms with Crippen LogP contribution in [0.1, 0.15) is 94.1 Å². The number of ether oxygens (including phenoxy) is 3. The van der Waals surface area contributed by atoms with Gasteiger partial charge in [0.1, 0.15) is 16.8 Å². The molecule has 2 amide bonds. The topological polar surface area (TPSA) is 112 Å². The molecule has 0 aliphatic carbocycles. The van der Waals surface area contributed by atoms with Crippen molar-refractivity contribution in [3.63, 3.8) is 0 Å². The van der Waals surface area contributed by atoms with E-state index in [9.17, 15) is 14.4 Å². The lowest BCUT2D eigenvalue weighted by Crippen LogP contribution is -2.56. The van der Waals surface area contributed by atoms with Crippen molar-refractivity contribution in [2.75, 3.05) is 32.4 Å². The lowest BCUT2D eigenvalue weighted by atomic mass is 9.95. The zero-order chi connectivity index (χ0) is 40.7. The number of benzene rings is 3. The molecule has 0 bridgehead atoms. The van der Waals surface area contributed by atoms with Gasteiger partial charge < -0.3 is 18.7 Å². The summed E-state index contributed by atoms with van der Waals surface area (Å²) in [7, 11) is -3.62. The van der Waals surface area contributed by atoms with Crippen LogP contribution < -0.4 is 0 Å². The molecule has 1 aliphatic heterocycles. The molecule has 1 heterocycles. The molecule has 3 aromatic carbocycles. The molecule has 0 aromatic heterocycles. The number of imide groups is 1. The molecule has 11 heteroatoms. The second-order valence-electron chi connectivity index (χ2n) is 17.2. The Balaban J connectivity index is 1.65. The third-order valence-corrected chi connectivity index (χ3v) is 12.4. The van der Waals surface area contributed by atoms with E-state index in [-0.39, 0.29) is 32.3 Å². The van der Waals surface area contributed by atoms with Crippen molar-refractivity contribution in [3.05, 3.63) is 84.4 Å². The molecule has 2 unspecified atom stereocenters. The van der Waals surface area contributed by atoms with Crippen molar-refractivity contribution < 1.29 is 37.7 Å². The van der Waals surface area contributed by atoms with Crippen LogP contribution in [0.4, 0.5) is 9.59 Å². The molecular weight excluding hydrogens is 715 g/mol. The van der Waals surface area contributed by atoms with Crippen molar-refractivity contribution in [2.24, 2.45) is 0 Å². The predicted molar refractivity (Wildman–Crippen MR) is 218 cm³/mol. The molecule has 55 heavy (non-hydrogen) atoms. The van der Waals surface area contributed by atoms with Gasteiger partial charge in [0, 0.05) is 32.3 Å². The summed E-state index contributed by atoms with van der Waals surface area (Å²) in [6.07, 6.45) is -0.660. The molecule has 1 saturated heterocycles. The highest BCUT2D eigenvalue weighted by Crippen LogP contribution is 2.64. The zero-order valence-electron chi connectivity index (χ0n) is 34.5. The van der Waals surface area contributed by atoms with Gasteiger partial charge in [0.2, 0.25) is 7.37 Å². The summed E-state index contributed by atoms with van der Waals surface area (Å²) in [5.74, 6) is -0.568. The number of carbonyl (C=O) groups excluding carboxylic acids is 3. The van der Waals surface area contributed by atoms with Crippen LogP contribution in [0.5, 0.6) is 0 Å². The minimum atomic E-state index is -3.62. The fraction of sp³-hybridized carbons (Fsp3) is 0.523. The fourth-order valence-electron chi connectivity index (χ4n) is 6.76. The van der Waals surface area contributed by atoms with Gasteiger partial charge in [0.05, 0.1) is 6.61 Å². The van der Waals surface area contributed by atoms with Gasteiger partial charge in [-0.2, -0.15) is 0 Å². The molecule has 1 aliphatic rings. The monoisotopic (exact) mass is 776 g/mol. The number of carbonyl (C=O) groups is 3. The largest absolute Gasteiger partial charge is 0.459 e. The van der Waals surface area contributed by atoms with Gasteiger partial charge in [0.15, 0.2) is 5.16 Å². The van der Waals surface area contributed by atoms with E-state index >= 15 is 4.57 Å². The Kier molecular flexibility index (Phi) is 14.2. The standard InChI is InChI=1S/C44H61N2O8P/c1-11-51-55(50)29-28-45(31-36-22-15-16-25-37(36)35-24-19-23-34(30-35)33-20-13-12-14-21-33)32-44(55,38(47)52-41(2,3)4)26-17-18-27-46(39(48)53-42(5,6)7)40(49)54-43(8,9)10/h12-16,19-25,30H,11,17-18,26-29,31-32H2,1-10H3. The van der Waals surface area contributed by atoms with Crippen LogP contribution in [0, 0.1) is 0 Å². The van der Waals surface area contributed by atoms with Crippen molar-refractivity contribution >= 4 is 25.5 Å². The SMILES string of the molecule is CCOP1(=O)CCN(Cc2ccccc2-c2cccc(-c3ccccc3)c2)CC1(CCCCN(C(=O)OC(C)(C)C)C(=O)OC(C)(C)C)C(=O)OC(C)(C)C. The molecule has 1 fully saturated rings. The highest BCUT2D eigenvalue weighted by atomic mass is 31.2. The van der Waals surface area contributed by atoms with E-state index in [2.05, 4.69) is 53.4 Å². The van der Waals surface area contributed by atoms with Gasteiger partial charge in [-0.15, -0.1) is 0 Å². The fourth-order valence-corrected chi connectivity index (χ4v) is 9.77. The zero-order valence-corrected chi connectivity index (χ0v) is 35.4. The molecule has 0 spiro atoms. The van der Waals surface area contributed by atoms with Gasteiger partial charge in [-0.05, 0) is 122 Å². The first-order valence-corrected chi connectivity index (χ1v) is 21.1. The molecule has 10 nitrogen and oxygen atoms in total. The molecule has 4 rings (SSSR count). The molecular formula is C44H61N2O8P. The quantitative estimate of drug-likeness (QED) is 0.0768. The minimum Gasteiger partial charge on any atom is -0.459 e. The van der Waals surface area contributed by atoms with Crippen LogP contribution in [0.15, 0.2) is 78.9 Å². The van der Waals surface area contributed by atoms with Gasteiger partial charge in [-0.3, -0.25) is 14.3 Å². The average molecular weight is 777 g/mol. The van der Waals surface area contributed by atoms with Gasteiger partial charge >= 0.3 is 18.2 Å². The van der Waals surface area contributed by atoms with Crippen LogP contribution in [-0.4, -0.2) is 82.3 Å². The first-order chi connectivity index (χ1) is 25.7.